The number of fused-ring (bicyclic) bond motifs is 1. The van der Waals surface area contributed by atoms with E-state index in [9.17, 15) is 9.59 Å². The maximum atomic E-state index is 12.9. The lowest BCUT2D eigenvalue weighted by molar-refractivity contribution is -0.145. The van der Waals surface area contributed by atoms with Crippen molar-refractivity contribution in [1.82, 2.24) is 0 Å². The van der Waals surface area contributed by atoms with Crippen molar-refractivity contribution in [2.24, 2.45) is 23.7 Å². The SMILES string of the molecule is O=C(Nc1ccc(Oc2ccc(-c3ccccc3)cc2)cc1)C1C2CC3OC(=O)C1C3C2. The lowest BCUT2D eigenvalue weighted by Gasteiger charge is -2.23. The highest BCUT2D eigenvalue weighted by Crippen LogP contribution is 2.57. The Morgan fingerprint density at radius 3 is 2.22 bits per heavy atom. The van der Waals surface area contributed by atoms with E-state index in [-0.39, 0.29) is 41.7 Å². The summed E-state index contributed by atoms with van der Waals surface area (Å²) in [6, 6.07) is 25.5. The normalized spacial score (nSPS) is 27.2. The predicted octanol–water partition coefficient (Wildman–Crippen LogP) is 5.28. The van der Waals surface area contributed by atoms with Gasteiger partial charge in [0.15, 0.2) is 0 Å². The molecule has 5 heteroatoms. The fourth-order valence-corrected chi connectivity index (χ4v) is 5.68. The summed E-state index contributed by atoms with van der Waals surface area (Å²) in [5.74, 6) is 1.11. The van der Waals surface area contributed by atoms with E-state index in [2.05, 4.69) is 17.4 Å². The highest BCUT2D eigenvalue weighted by molar-refractivity contribution is 5.97. The molecular weight excluding hydrogens is 402 g/mol. The van der Waals surface area contributed by atoms with Crippen LogP contribution in [0.1, 0.15) is 12.8 Å². The molecule has 5 atom stereocenters. The Bertz CT molecular complexity index is 1150. The van der Waals surface area contributed by atoms with Gasteiger partial charge in [-0.2, -0.15) is 0 Å². The quantitative estimate of drug-likeness (QED) is 0.565. The van der Waals surface area contributed by atoms with Crippen molar-refractivity contribution in [3.63, 3.8) is 0 Å². The second-order valence-electron chi connectivity index (χ2n) is 8.93. The lowest BCUT2D eigenvalue weighted by atomic mass is 9.79. The molecule has 32 heavy (non-hydrogen) atoms. The van der Waals surface area contributed by atoms with Gasteiger partial charge in [-0.1, -0.05) is 42.5 Å². The largest absolute Gasteiger partial charge is 0.462 e. The van der Waals surface area contributed by atoms with Crippen LogP contribution >= 0.6 is 0 Å². The van der Waals surface area contributed by atoms with Gasteiger partial charge < -0.3 is 14.8 Å². The second kappa shape index (κ2) is 7.52. The zero-order valence-electron chi connectivity index (χ0n) is 17.4. The van der Waals surface area contributed by atoms with Crippen LogP contribution in [0.25, 0.3) is 11.1 Å². The molecule has 1 aliphatic heterocycles. The van der Waals surface area contributed by atoms with Crippen LogP contribution in [0.3, 0.4) is 0 Å². The van der Waals surface area contributed by atoms with Crippen LogP contribution in [0.5, 0.6) is 11.5 Å². The molecule has 1 heterocycles. The topological polar surface area (TPSA) is 64.6 Å². The molecule has 2 aliphatic carbocycles. The molecule has 3 aliphatic rings. The molecule has 160 valence electrons. The molecule has 1 amide bonds. The van der Waals surface area contributed by atoms with E-state index >= 15 is 0 Å². The molecule has 3 aromatic rings. The minimum atomic E-state index is -0.273. The number of anilines is 1. The fourth-order valence-electron chi connectivity index (χ4n) is 5.68. The molecule has 5 nitrogen and oxygen atoms in total. The fraction of sp³-hybridized carbons (Fsp3) is 0.259. The van der Waals surface area contributed by atoms with Gasteiger partial charge in [-0.05, 0) is 66.3 Å². The van der Waals surface area contributed by atoms with E-state index in [1.54, 1.807) is 0 Å². The van der Waals surface area contributed by atoms with Crippen LogP contribution in [0.15, 0.2) is 78.9 Å². The molecule has 0 spiro atoms. The minimum absolute atomic E-state index is 0.0414. The Morgan fingerprint density at radius 1 is 0.844 bits per heavy atom. The number of benzene rings is 3. The van der Waals surface area contributed by atoms with E-state index in [4.69, 9.17) is 9.47 Å². The van der Waals surface area contributed by atoms with E-state index in [0.29, 0.717) is 11.4 Å². The first-order chi connectivity index (χ1) is 15.7. The van der Waals surface area contributed by atoms with Crippen molar-refractivity contribution in [2.75, 3.05) is 5.32 Å². The molecule has 5 unspecified atom stereocenters. The summed E-state index contributed by atoms with van der Waals surface area (Å²) in [6.45, 7) is 0. The highest BCUT2D eigenvalue weighted by atomic mass is 16.6. The van der Waals surface area contributed by atoms with E-state index in [1.165, 1.54) is 0 Å². The first-order valence-electron chi connectivity index (χ1n) is 11.1. The summed E-state index contributed by atoms with van der Waals surface area (Å²) < 4.78 is 11.4. The lowest BCUT2D eigenvalue weighted by Crippen LogP contribution is -2.35. The van der Waals surface area contributed by atoms with Crippen LogP contribution < -0.4 is 10.1 Å². The number of amides is 1. The number of rotatable bonds is 5. The van der Waals surface area contributed by atoms with Gasteiger partial charge in [-0.15, -0.1) is 0 Å². The Labute approximate surface area is 186 Å². The second-order valence-corrected chi connectivity index (χ2v) is 8.93. The molecule has 0 radical (unpaired) electrons. The maximum Gasteiger partial charge on any atom is 0.310 e. The van der Waals surface area contributed by atoms with Crippen LogP contribution in [0, 0.1) is 23.7 Å². The summed E-state index contributed by atoms with van der Waals surface area (Å²) in [7, 11) is 0. The van der Waals surface area contributed by atoms with Gasteiger partial charge in [0.05, 0.1) is 11.8 Å². The number of nitrogens with one attached hydrogen (secondary N) is 1. The van der Waals surface area contributed by atoms with Gasteiger partial charge >= 0.3 is 5.97 Å². The molecule has 6 rings (SSSR count). The van der Waals surface area contributed by atoms with Crippen molar-refractivity contribution in [1.29, 1.82) is 0 Å². The summed E-state index contributed by atoms with van der Waals surface area (Å²) in [5, 5.41) is 2.99. The standard InChI is InChI=1S/C27H23NO4/c29-26(24-18-14-22-23(15-18)32-27(30)25(22)24)28-19-8-12-21(13-9-19)31-20-10-6-17(7-11-20)16-4-2-1-3-5-16/h1-13,18,22-25H,14-15H2,(H,28,29). The van der Waals surface area contributed by atoms with Gasteiger partial charge in [0.25, 0.3) is 0 Å². The van der Waals surface area contributed by atoms with E-state index < -0.39 is 0 Å². The van der Waals surface area contributed by atoms with Gasteiger partial charge in [0, 0.05) is 11.6 Å². The van der Waals surface area contributed by atoms with Crippen molar-refractivity contribution in [3.8, 4) is 22.6 Å². The zero-order chi connectivity index (χ0) is 21.7. The van der Waals surface area contributed by atoms with E-state index in [1.807, 2.05) is 66.7 Å². The first kappa shape index (κ1) is 19.1. The Kier molecular flexibility index (Phi) is 4.49. The monoisotopic (exact) mass is 425 g/mol. The number of carbonyl (C=O) groups excluding carboxylic acids is 2. The molecule has 1 N–H and O–H groups in total. The molecule has 2 bridgehead atoms. The zero-order valence-corrected chi connectivity index (χ0v) is 17.4. The van der Waals surface area contributed by atoms with Crippen molar-refractivity contribution >= 4 is 17.6 Å². The predicted molar refractivity (Wildman–Crippen MR) is 120 cm³/mol. The first-order valence-corrected chi connectivity index (χ1v) is 11.1. The molecule has 1 saturated heterocycles. The molecule has 0 aromatic heterocycles. The van der Waals surface area contributed by atoms with Crippen LogP contribution in [-0.4, -0.2) is 18.0 Å². The minimum Gasteiger partial charge on any atom is -0.462 e. The van der Waals surface area contributed by atoms with Crippen LogP contribution in [0.2, 0.25) is 0 Å². The average Bonchev–Trinajstić information content (AvgIpc) is 3.45. The number of ether oxygens (including phenoxy) is 2. The third-order valence-electron chi connectivity index (χ3n) is 7.10. The summed E-state index contributed by atoms with van der Waals surface area (Å²) in [6.07, 6.45) is 1.79. The summed E-state index contributed by atoms with van der Waals surface area (Å²) in [5.41, 5.74) is 3.00. The number of hydrogen-bond donors (Lipinski definition) is 1. The number of esters is 1. The van der Waals surface area contributed by atoms with Crippen LogP contribution in [-0.2, 0) is 14.3 Å². The van der Waals surface area contributed by atoms with Gasteiger partial charge in [0.1, 0.15) is 17.6 Å². The van der Waals surface area contributed by atoms with Crippen LogP contribution in [0.4, 0.5) is 5.69 Å². The number of hydrogen-bond acceptors (Lipinski definition) is 4. The van der Waals surface area contributed by atoms with Gasteiger partial charge in [-0.25, -0.2) is 0 Å². The summed E-state index contributed by atoms with van der Waals surface area (Å²) >= 11 is 0. The Morgan fingerprint density at radius 2 is 1.50 bits per heavy atom. The smallest absolute Gasteiger partial charge is 0.310 e. The van der Waals surface area contributed by atoms with Crippen molar-refractivity contribution in [3.05, 3.63) is 78.9 Å². The third-order valence-corrected chi connectivity index (χ3v) is 7.10. The average molecular weight is 425 g/mol. The third kappa shape index (κ3) is 3.25. The molecule has 3 aromatic carbocycles. The molecule has 3 fully saturated rings. The van der Waals surface area contributed by atoms with Gasteiger partial charge in [-0.3, -0.25) is 9.59 Å². The van der Waals surface area contributed by atoms with Crippen molar-refractivity contribution in [2.45, 2.75) is 18.9 Å². The van der Waals surface area contributed by atoms with E-state index in [0.717, 1.165) is 29.7 Å². The highest BCUT2D eigenvalue weighted by Gasteiger charge is 2.63. The van der Waals surface area contributed by atoms with Gasteiger partial charge in [0.2, 0.25) is 5.91 Å². The Hall–Kier alpha value is -3.60. The molecular formula is C27H23NO4. The van der Waals surface area contributed by atoms with Crippen molar-refractivity contribution < 1.29 is 19.1 Å². The summed E-state index contributed by atoms with van der Waals surface area (Å²) in [4.78, 5) is 25.1. The number of carbonyl (C=O) groups is 2. The Balaban J connectivity index is 1.10. The molecule has 2 saturated carbocycles. The maximum absolute atomic E-state index is 12.9.